The van der Waals surface area contributed by atoms with Crippen LogP contribution in [0, 0.1) is 0 Å². The van der Waals surface area contributed by atoms with Gasteiger partial charge >= 0.3 is 0 Å². The van der Waals surface area contributed by atoms with Crippen molar-refractivity contribution in [3.05, 3.63) is 144 Å². The molecule has 0 aliphatic heterocycles. The Morgan fingerprint density at radius 2 is 0.654 bits per heavy atom. The van der Waals surface area contributed by atoms with Crippen LogP contribution in [0.5, 0.6) is 23.0 Å². The van der Waals surface area contributed by atoms with Gasteiger partial charge in [-0.2, -0.15) is 29.9 Å². The molecular formula is C38H32N10O4. The molecule has 2 aromatic heterocycles. The fourth-order valence-electron chi connectivity index (χ4n) is 5.28. The van der Waals surface area contributed by atoms with E-state index < -0.39 is 0 Å². The Morgan fingerprint density at radius 1 is 0.346 bits per heavy atom. The second-order valence-corrected chi connectivity index (χ2v) is 11.7. The molecule has 0 fully saturated rings. The summed E-state index contributed by atoms with van der Waals surface area (Å²) in [6.07, 6.45) is 0.656. The number of phenolic OH excluding ortho intramolecular Hbond substituents is 4. The van der Waals surface area contributed by atoms with E-state index in [4.69, 9.17) is 0 Å². The monoisotopic (exact) mass is 692 g/mol. The lowest BCUT2D eigenvalue weighted by atomic mass is 10.1. The summed E-state index contributed by atoms with van der Waals surface area (Å²) in [5.41, 5.74) is 4.15. The number of hydrogen-bond acceptors (Lipinski definition) is 14. The van der Waals surface area contributed by atoms with Gasteiger partial charge in [0, 0.05) is 53.8 Å². The molecule has 0 radical (unpaired) electrons. The van der Waals surface area contributed by atoms with Gasteiger partial charge in [0.05, 0.1) is 0 Å². The first-order valence-corrected chi connectivity index (χ1v) is 16.1. The molecule has 0 bridgehead atoms. The first-order valence-electron chi connectivity index (χ1n) is 16.1. The zero-order valence-electron chi connectivity index (χ0n) is 27.4. The lowest BCUT2D eigenvalue weighted by molar-refractivity contribution is 0.474. The Balaban J connectivity index is 1.16. The van der Waals surface area contributed by atoms with Gasteiger partial charge < -0.3 is 41.7 Å². The molecule has 0 unspecified atom stereocenters. The Labute approximate surface area is 297 Å². The number of nitrogens with zero attached hydrogens (tertiary/aromatic N) is 6. The SMILES string of the molecule is Oc1cccc(Cc2nc(Nc3cccc(O)c3)nc(Nc3cccc(Cc4nc(Nc5cccc(O)c5)nc(Nc5cccc(O)c5)n4)c3)n2)c1. The number of aromatic hydroxyl groups is 4. The van der Waals surface area contributed by atoms with Crippen molar-refractivity contribution in [2.45, 2.75) is 12.8 Å². The third-order valence-corrected chi connectivity index (χ3v) is 7.49. The van der Waals surface area contributed by atoms with Crippen LogP contribution < -0.4 is 21.3 Å². The largest absolute Gasteiger partial charge is 0.508 e. The number of benzene rings is 5. The van der Waals surface area contributed by atoms with Crippen molar-refractivity contribution in [1.82, 2.24) is 29.9 Å². The summed E-state index contributed by atoms with van der Waals surface area (Å²) in [6.45, 7) is 0. The fourth-order valence-corrected chi connectivity index (χ4v) is 5.28. The Kier molecular flexibility index (Phi) is 9.51. The van der Waals surface area contributed by atoms with Gasteiger partial charge in [0.2, 0.25) is 23.8 Å². The smallest absolute Gasteiger partial charge is 0.232 e. The average Bonchev–Trinajstić information content (AvgIpc) is 3.08. The van der Waals surface area contributed by atoms with Crippen LogP contribution in [0.25, 0.3) is 0 Å². The molecule has 0 aliphatic rings. The molecule has 14 heteroatoms. The maximum Gasteiger partial charge on any atom is 0.232 e. The van der Waals surface area contributed by atoms with Crippen molar-refractivity contribution in [3.63, 3.8) is 0 Å². The highest BCUT2D eigenvalue weighted by atomic mass is 16.3. The second-order valence-electron chi connectivity index (χ2n) is 11.7. The summed E-state index contributed by atoms with van der Waals surface area (Å²) < 4.78 is 0. The summed E-state index contributed by atoms with van der Waals surface area (Å²) >= 11 is 0. The van der Waals surface area contributed by atoms with Crippen molar-refractivity contribution < 1.29 is 20.4 Å². The van der Waals surface area contributed by atoms with Crippen LogP contribution >= 0.6 is 0 Å². The van der Waals surface area contributed by atoms with E-state index in [0.717, 1.165) is 11.1 Å². The Bertz CT molecular complexity index is 2070. The van der Waals surface area contributed by atoms with E-state index in [2.05, 4.69) is 51.2 Å². The van der Waals surface area contributed by atoms with Gasteiger partial charge in [-0.1, -0.05) is 42.5 Å². The summed E-state index contributed by atoms with van der Waals surface area (Å²) in [6, 6.07) is 34.4. The lowest BCUT2D eigenvalue weighted by Gasteiger charge is -2.12. The van der Waals surface area contributed by atoms with E-state index in [-0.39, 0.29) is 46.8 Å². The molecule has 7 rings (SSSR count). The van der Waals surface area contributed by atoms with Crippen molar-refractivity contribution >= 4 is 46.5 Å². The molecule has 0 saturated carbocycles. The topological polar surface area (TPSA) is 206 Å². The van der Waals surface area contributed by atoms with E-state index >= 15 is 0 Å². The first kappa shape index (κ1) is 33.0. The first-order chi connectivity index (χ1) is 25.3. The molecule has 7 aromatic rings. The number of aromatic nitrogens is 6. The molecule has 0 spiro atoms. The van der Waals surface area contributed by atoms with Crippen molar-refractivity contribution in [3.8, 4) is 23.0 Å². The molecule has 0 saturated heterocycles. The van der Waals surface area contributed by atoms with Crippen LogP contribution in [-0.2, 0) is 12.8 Å². The van der Waals surface area contributed by atoms with Crippen molar-refractivity contribution in [1.29, 1.82) is 0 Å². The molecule has 0 atom stereocenters. The van der Waals surface area contributed by atoms with Crippen LogP contribution in [-0.4, -0.2) is 50.3 Å². The molecule has 0 amide bonds. The van der Waals surface area contributed by atoms with Gasteiger partial charge in [-0.3, -0.25) is 0 Å². The van der Waals surface area contributed by atoms with Crippen molar-refractivity contribution in [2.24, 2.45) is 0 Å². The van der Waals surface area contributed by atoms with Crippen molar-refractivity contribution in [2.75, 3.05) is 21.3 Å². The molecule has 0 aliphatic carbocycles. The zero-order valence-corrected chi connectivity index (χ0v) is 27.4. The van der Waals surface area contributed by atoms with Gasteiger partial charge in [0.15, 0.2) is 0 Å². The van der Waals surface area contributed by atoms with Gasteiger partial charge in [0.25, 0.3) is 0 Å². The predicted octanol–water partition coefficient (Wildman–Crippen LogP) is 7.04. The predicted molar refractivity (Wildman–Crippen MR) is 197 cm³/mol. The number of hydrogen-bond donors (Lipinski definition) is 8. The number of nitrogens with one attached hydrogen (secondary N) is 4. The Morgan fingerprint density at radius 3 is 1.02 bits per heavy atom. The lowest BCUT2D eigenvalue weighted by Crippen LogP contribution is -2.09. The van der Waals surface area contributed by atoms with E-state index in [1.54, 1.807) is 91.0 Å². The molecule has 14 nitrogen and oxygen atoms in total. The fraction of sp³-hybridized carbons (Fsp3) is 0.0526. The minimum absolute atomic E-state index is 0.0913. The van der Waals surface area contributed by atoms with Crippen LogP contribution in [0.1, 0.15) is 22.8 Å². The quantitative estimate of drug-likeness (QED) is 0.0647. The molecule has 258 valence electrons. The van der Waals surface area contributed by atoms with Crippen LogP contribution in [0.3, 0.4) is 0 Å². The van der Waals surface area contributed by atoms with E-state index in [0.29, 0.717) is 47.2 Å². The number of anilines is 8. The molecule has 5 aromatic carbocycles. The van der Waals surface area contributed by atoms with E-state index in [1.165, 1.54) is 0 Å². The van der Waals surface area contributed by atoms with E-state index in [9.17, 15) is 20.4 Å². The normalized spacial score (nSPS) is 10.8. The number of phenols is 4. The molecule has 8 N–H and O–H groups in total. The third kappa shape index (κ3) is 8.95. The maximum absolute atomic E-state index is 9.99. The summed E-state index contributed by atoms with van der Waals surface area (Å²) in [5, 5.41) is 52.5. The molecule has 2 heterocycles. The van der Waals surface area contributed by atoms with Gasteiger partial charge in [-0.05, 0) is 71.8 Å². The number of rotatable bonds is 12. The maximum atomic E-state index is 9.99. The van der Waals surface area contributed by atoms with Crippen LogP contribution in [0.2, 0.25) is 0 Å². The highest BCUT2D eigenvalue weighted by molar-refractivity contribution is 5.61. The second kappa shape index (κ2) is 15.0. The van der Waals surface area contributed by atoms with Gasteiger partial charge in [-0.15, -0.1) is 0 Å². The minimum atomic E-state index is 0.0913. The van der Waals surface area contributed by atoms with Crippen LogP contribution in [0.15, 0.2) is 121 Å². The molecular weight excluding hydrogens is 660 g/mol. The molecule has 52 heavy (non-hydrogen) atoms. The summed E-state index contributed by atoms with van der Waals surface area (Å²) in [5.74, 6) is 2.36. The zero-order chi connectivity index (χ0) is 35.9. The van der Waals surface area contributed by atoms with Gasteiger partial charge in [0.1, 0.15) is 34.6 Å². The van der Waals surface area contributed by atoms with Crippen LogP contribution in [0.4, 0.5) is 46.5 Å². The van der Waals surface area contributed by atoms with E-state index in [1.807, 2.05) is 30.3 Å². The standard InChI is InChI=1S/C38H32N10O4/c49-29-12-2-7-24(17-29)19-34-45-35(47-38(46-34)42-28-11-5-15-32(52)22-28)39-25-8-1-6-23(16-25)18-33-43-36(40-26-9-3-13-30(50)20-26)48-37(44-33)41-27-10-4-14-31(51)21-27/h1-17,20-22,49-52H,18-19H2,(H2,39,42,45,46,47)(H2,40,41,43,44,48). The highest BCUT2D eigenvalue weighted by Gasteiger charge is 2.13. The van der Waals surface area contributed by atoms with Gasteiger partial charge in [-0.25, -0.2) is 0 Å². The summed E-state index contributed by atoms with van der Waals surface area (Å²) in [7, 11) is 0. The highest BCUT2D eigenvalue weighted by Crippen LogP contribution is 2.25. The Hall–Kier alpha value is -7.48. The summed E-state index contributed by atoms with van der Waals surface area (Å²) in [4.78, 5) is 27.6. The third-order valence-electron chi connectivity index (χ3n) is 7.49. The minimum Gasteiger partial charge on any atom is -0.508 e. The average molecular weight is 693 g/mol.